The first kappa shape index (κ1) is 32.5. The maximum absolute atomic E-state index is 12.8. The Morgan fingerprint density at radius 2 is 1.78 bits per heavy atom. The highest BCUT2D eigenvalue weighted by Crippen LogP contribution is 2.74. The first-order chi connectivity index (χ1) is 19.1. The van der Waals surface area contributed by atoms with E-state index in [9.17, 15) is 24.9 Å². The van der Waals surface area contributed by atoms with E-state index < -0.39 is 47.2 Å². The molecule has 0 aliphatic heterocycles. The van der Waals surface area contributed by atoms with Gasteiger partial charge in [0.2, 0.25) is 0 Å². The number of hydrogen-bond acceptors (Lipinski definition) is 6. The van der Waals surface area contributed by atoms with Crippen LogP contribution in [0.3, 0.4) is 0 Å². The Bertz CT molecular complexity index is 1020. The van der Waals surface area contributed by atoms with Gasteiger partial charge in [-0.05, 0) is 97.4 Å². The molecule has 3 N–H and O–H groups in total. The maximum Gasteiger partial charge on any atom is 0.331 e. The zero-order valence-corrected chi connectivity index (χ0v) is 26.7. The Labute approximate surface area is 247 Å². The molecule has 4 saturated carbocycles. The summed E-state index contributed by atoms with van der Waals surface area (Å²) in [4.78, 5) is 25.2. The van der Waals surface area contributed by atoms with E-state index in [0.717, 1.165) is 50.5 Å². The van der Waals surface area contributed by atoms with Crippen LogP contribution >= 0.6 is 0 Å². The highest BCUT2D eigenvalue weighted by atomic mass is 16.5. The van der Waals surface area contributed by atoms with Crippen molar-refractivity contribution in [2.75, 3.05) is 6.61 Å². The van der Waals surface area contributed by atoms with Gasteiger partial charge in [0.1, 0.15) is 6.10 Å². The molecule has 4 rings (SSSR count). The van der Waals surface area contributed by atoms with E-state index in [1.165, 1.54) is 6.92 Å². The van der Waals surface area contributed by atoms with Gasteiger partial charge in [-0.15, -0.1) is 0 Å². The van der Waals surface area contributed by atoms with Crippen molar-refractivity contribution in [2.45, 2.75) is 138 Å². The molecule has 0 bridgehead atoms. The van der Waals surface area contributed by atoms with Gasteiger partial charge < -0.3 is 24.8 Å². The van der Waals surface area contributed by atoms with Gasteiger partial charge in [0.25, 0.3) is 0 Å². The number of hydrogen-bond donors (Lipinski definition) is 3. The fourth-order valence-electron chi connectivity index (χ4n) is 10.4. The van der Waals surface area contributed by atoms with Crippen LogP contribution < -0.4 is 0 Å². The van der Waals surface area contributed by atoms with Crippen molar-refractivity contribution in [3.8, 4) is 0 Å². The van der Waals surface area contributed by atoms with Crippen molar-refractivity contribution in [1.29, 1.82) is 0 Å². The number of esters is 1. The number of carboxylic acids is 1. The van der Waals surface area contributed by atoms with Crippen LogP contribution in [-0.4, -0.2) is 58.3 Å². The lowest BCUT2D eigenvalue weighted by molar-refractivity contribution is -0.293. The van der Waals surface area contributed by atoms with E-state index in [1.54, 1.807) is 0 Å². The number of rotatable bonds is 9. The number of fused-ring (bicyclic) bond motifs is 5. The summed E-state index contributed by atoms with van der Waals surface area (Å²) in [6.45, 7) is 17.2. The van der Waals surface area contributed by atoms with Crippen molar-refractivity contribution >= 4 is 11.9 Å². The van der Waals surface area contributed by atoms with Crippen LogP contribution in [0.25, 0.3) is 0 Å². The van der Waals surface area contributed by atoms with Crippen molar-refractivity contribution in [1.82, 2.24) is 0 Å². The topological polar surface area (TPSA) is 113 Å². The summed E-state index contributed by atoms with van der Waals surface area (Å²) in [7, 11) is 0. The number of carbonyl (C=O) groups is 2. The zero-order valence-electron chi connectivity index (χ0n) is 26.7. The molecule has 0 aromatic rings. The lowest BCUT2D eigenvalue weighted by atomic mass is 9.35. The highest BCUT2D eigenvalue weighted by molar-refractivity contribution is 5.88. The maximum atomic E-state index is 12.8. The molecule has 41 heavy (non-hydrogen) atoms. The van der Waals surface area contributed by atoms with Gasteiger partial charge in [0, 0.05) is 24.5 Å². The summed E-state index contributed by atoms with van der Waals surface area (Å²) >= 11 is 0. The Balaban J connectivity index is 1.86. The zero-order chi connectivity index (χ0) is 30.5. The molecule has 7 heteroatoms. The summed E-state index contributed by atoms with van der Waals surface area (Å²) in [5, 5.41) is 33.9. The van der Waals surface area contributed by atoms with Crippen LogP contribution in [0.15, 0.2) is 11.1 Å². The third-order valence-electron chi connectivity index (χ3n) is 12.4. The monoisotopic (exact) mass is 576 g/mol. The second-order valence-corrected chi connectivity index (χ2v) is 15.0. The molecular formula is C34H56O7. The van der Waals surface area contributed by atoms with Gasteiger partial charge in [-0.1, -0.05) is 54.9 Å². The highest BCUT2D eigenvalue weighted by Gasteiger charge is 2.73. The van der Waals surface area contributed by atoms with Crippen LogP contribution in [0.2, 0.25) is 0 Å². The van der Waals surface area contributed by atoms with Crippen molar-refractivity contribution in [3.63, 3.8) is 0 Å². The van der Waals surface area contributed by atoms with Gasteiger partial charge in [-0.3, -0.25) is 4.79 Å². The molecule has 0 aromatic heterocycles. The van der Waals surface area contributed by atoms with E-state index in [-0.39, 0.29) is 29.1 Å². The molecule has 11 unspecified atom stereocenters. The van der Waals surface area contributed by atoms with Crippen LogP contribution in [0.5, 0.6) is 0 Å². The summed E-state index contributed by atoms with van der Waals surface area (Å²) < 4.78 is 12.5. The fourth-order valence-corrected chi connectivity index (χ4v) is 10.4. The molecular weight excluding hydrogens is 520 g/mol. The summed E-state index contributed by atoms with van der Waals surface area (Å²) in [5.74, 6) is -0.757. The smallest absolute Gasteiger partial charge is 0.331 e. The second kappa shape index (κ2) is 11.9. The van der Waals surface area contributed by atoms with Gasteiger partial charge in [0.15, 0.2) is 0 Å². The molecule has 4 aliphatic rings. The lowest BCUT2D eigenvalue weighted by Crippen LogP contribution is -2.72. The van der Waals surface area contributed by atoms with E-state index >= 15 is 0 Å². The average Bonchev–Trinajstić information content (AvgIpc) is 3.16. The van der Waals surface area contributed by atoms with E-state index in [0.29, 0.717) is 30.9 Å². The molecule has 0 aromatic carbocycles. The minimum Gasteiger partial charge on any atom is -0.478 e. The summed E-state index contributed by atoms with van der Waals surface area (Å²) in [6.07, 6.45) is 4.52. The number of carboxylic acid groups (broad SMARTS) is 1. The molecule has 0 radical (unpaired) electrons. The minimum atomic E-state index is -0.923. The number of carbonyl (C=O) groups excluding carboxylic acids is 1. The largest absolute Gasteiger partial charge is 0.478 e. The number of ether oxygens (including phenoxy) is 2. The van der Waals surface area contributed by atoms with E-state index in [4.69, 9.17) is 9.47 Å². The number of aliphatic hydroxyl groups is 2. The molecule has 234 valence electrons. The predicted molar refractivity (Wildman–Crippen MR) is 158 cm³/mol. The Hall–Kier alpha value is -1.44. The minimum absolute atomic E-state index is 0.00716. The van der Waals surface area contributed by atoms with E-state index in [2.05, 4.69) is 48.5 Å². The second-order valence-electron chi connectivity index (χ2n) is 15.0. The van der Waals surface area contributed by atoms with Crippen molar-refractivity contribution in [3.05, 3.63) is 11.1 Å². The Kier molecular flexibility index (Phi) is 9.44. The average molecular weight is 577 g/mol. The molecule has 4 fully saturated rings. The standard InChI is InChI=1S/C34H56O7/c1-9-17-40-29-28-20(4)24(36)15-16-32(28,6)26-14-13-23-27(22(31(38)39)12-10-11-19(2)3)25(41-21(5)35)18-33(23,7)34(26,8)30(29)37/h19-20,23-26,28-30,36-37H,9-18H2,1-8H3,(H,38,39)/b27-22-. The molecule has 11 atom stereocenters. The molecule has 0 heterocycles. The molecule has 7 nitrogen and oxygen atoms in total. The van der Waals surface area contributed by atoms with Crippen molar-refractivity contribution in [2.24, 2.45) is 45.8 Å². The lowest BCUT2D eigenvalue weighted by Gasteiger charge is -2.70. The third-order valence-corrected chi connectivity index (χ3v) is 12.4. The SMILES string of the molecule is CCCOC1C2C(C)C(O)CCC2(C)C2CCC3/C(=C(\CCCC(C)C)C(=O)O)C(OC(C)=O)CC3(C)C2(C)C1O. The number of aliphatic hydroxyl groups excluding tert-OH is 2. The summed E-state index contributed by atoms with van der Waals surface area (Å²) in [6, 6.07) is 0. The number of aliphatic carboxylic acids is 1. The van der Waals surface area contributed by atoms with Crippen LogP contribution in [0.4, 0.5) is 0 Å². The van der Waals surface area contributed by atoms with Crippen LogP contribution in [-0.2, 0) is 19.1 Å². The first-order valence-electron chi connectivity index (χ1n) is 16.3. The molecule has 0 amide bonds. The van der Waals surface area contributed by atoms with Gasteiger partial charge in [-0.2, -0.15) is 0 Å². The first-order valence-corrected chi connectivity index (χ1v) is 16.3. The summed E-state index contributed by atoms with van der Waals surface area (Å²) in [5.41, 5.74) is -0.0599. The van der Waals surface area contributed by atoms with Gasteiger partial charge in [-0.25, -0.2) is 4.79 Å². The Morgan fingerprint density at radius 3 is 2.37 bits per heavy atom. The van der Waals surface area contributed by atoms with E-state index in [1.807, 2.05) is 0 Å². The van der Waals surface area contributed by atoms with Crippen LogP contribution in [0.1, 0.15) is 113 Å². The fraction of sp³-hybridized carbons (Fsp3) is 0.882. The predicted octanol–water partition coefficient (Wildman–Crippen LogP) is 6.15. The molecule has 4 aliphatic carbocycles. The van der Waals surface area contributed by atoms with Gasteiger partial charge in [0.05, 0.1) is 18.3 Å². The van der Waals surface area contributed by atoms with Crippen LogP contribution in [0, 0.1) is 45.8 Å². The normalized spacial score (nSPS) is 45.0. The van der Waals surface area contributed by atoms with Gasteiger partial charge >= 0.3 is 11.9 Å². The molecule has 0 spiro atoms. The molecule has 0 saturated heterocycles. The third kappa shape index (κ3) is 5.20. The quantitative estimate of drug-likeness (QED) is 0.223. The Morgan fingerprint density at radius 1 is 1.10 bits per heavy atom. The van der Waals surface area contributed by atoms with Crippen molar-refractivity contribution < 1.29 is 34.4 Å².